The van der Waals surface area contributed by atoms with E-state index in [1.807, 2.05) is 7.11 Å². The zero-order valence-electron chi connectivity index (χ0n) is 14.1. The molecule has 1 atom stereocenters. The van der Waals surface area contributed by atoms with Crippen LogP contribution < -0.4 is 5.32 Å². The van der Waals surface area contributed by atoms with E-state index < -0.39 is 0 Å². The standard InChI is InChI=1S/C19H31NO/c1-5-19(6-2,21-4)18(20-7-3)17-13-9-12-16(14-17)15-10-8-11-15/h9,12-15,18,20H,5-8,10-11H2,1-4H3. The fourth-order valence-electron chi connectivity index (χ4n) is 3.61. The van der Waals surface area contributed by atoms with Crippen molar-refractivity contribution in [3.05, 3.63) is 35.4 Å². The smallest absolute Gasteiger partial charge is 0.0867 e. The SMILES string of the molecule is CCNC(c1cccc(C2CCC2)c1)C(CC)(CC)OC. The molecule has 2 heteroatoms. The molecule has 0 heterocycles. The summed E-state index contributed by atoms with van der Waals surface area (Å²) in [6.07, 6.45) is 6.13. The highest BCUT2D eigenvalue weighted by molar-refractivity contribution is 5.31. The molecule has 1 N–H and O–H groups in total. The Balaban J connectivity index is 2.32. The molecular weight excluding hydrogens is 258 g/mol. The molecule has 2 nitrogen and oxygen atoms in total. The van der Waals surface area contributed by atoms with Gasteiger partial charge in [-0.2, -0.15) is 0 Å². The first-order valence-corrected chi connectivity index (χ1v) is 8.59. The van der Waals surface area contributed by atoms with E-state index in [2.05, 4.69) is 50.4 Å². The largest absolute Gasteiger partial charge is 0.376 e. The Morgan fingerprint density at radius 3 is 2.43 bits per heavy atom. The van der Waals surface area contributed by atoms with Crippen LogP contribution in [0.3, 0.4) is 0 Å². The van der Waals surface area contributed by atoms with Gasteiger partial charge in [-0.05, 0) is 49.3 Å². The van der Waals surface area contributed by atoms with Crippen LogP contribution in [0, 0.1) is 0 Å². The van der Waals surface area contributed by atoms with Crippen molar-refractivity contribution in [2.24, 2.45) is 0 Å². The second-order valence-corrected chi connectivity index (χ2v) is 6.26. The van der Waals surface area contributed by atoms with Crippen molar-refractivity contribution in [1.82, 2.24) is 5.32 Å². The molecule has 1 aromatic rings. The van der Waals surface area contributed by atoms with Gasteiger partial charge >= 0.3 is 0 Å². The number of likely N-dealkylation sites (N-methyl/N-ethyl adjacent to an activating group) is 1. The predicted octanol–water partition coefficient (Wildman–Crippen LogP) is 4.81. The Kier molecular flexibility index (Phi) is 5.83. The van der Waals surface area contributed by atoms with Crippen molar-refractivity contribution >= 4 is 0 Å². The third-order valence-corrected chi connectivity index (χ3v) is 5.36. The lowest BCUT2D eigenvalue weighted by atomic mass is 9.77. The lowest BCUT2D eigenvalue weighted by molar-refractivity contribution is -0.0482. The summed E-state index contributed by atoms with van der Waals surface area (Å²) in [7, 11) is 1.85. The normalized spacial score (nSPS) is 17.5. The summed E-state index contributed by atoms with van der Waals surface area (Å²) in [5, 5.41) is 3.67. The molecule has 1 saturated carbocycles. The fourth-order valence-corrected chi connectivity index (χ4v) is 3.61. The molecule has 1 aromatic carbocycles. The quantitative estimate of drug-likeness (QED) is 0.741. The lowest BCUT2D eigenvalue weighted by Gasteiger charge is -2.39. The van der Waals surface area contributed by atoms with E-state index in [-0.39, 0.29) is 11.6 Å². The minimum absolute atomic E-state index is 0.117. The molecule has 0 spiro atoms. The van der Waals surface area contributed by atoms with Crippen LogP contribution in [-0.4, -0.2) is 19.3 Å². The summed E-state index contributed by atoms with van der Waals surface area (Å²) in [6.45, 7) is 7.60. The number of methoxy groups -OCH3 is 1. The van der Waals surface area contributed by atoms with E-state index in [4.69, 9.17) is 4.74 Å². The van der Waals surface area contributed by atoms with Gasteiger partial charge in [0, 0.05) is 7.11 Å². The average Bonchev–Trinajstić information content (AvgIpc) is 2.47. The van der Waals surface area contributed by atoms with Crippen molar-refractivity contribution in [1.29, 1.82) is 0 Å². The Bertz CT molecular complexity index is 427. The fraction of sp³-hybridized carbons (Fsp3) is 0.684. The van der Waals surface area contributed by atoms with Crippen LogP contribution in [0.5, 0.6) is 0 Å². The van der Waals surface area contributed by atoms with E-state index in [1.165, 1.54) is 30.4 Å². The molecule has 0 saturated heterocycles. The monoisotopic (exact) mass is 289 g/mol. The van der Waals surface area contributed by atoms with Gasteiger partial charge in [0.1, 0.15) is 0 Å². The summed E-state index contributed by atoms with van der Waals surface area (Å²) >= 11 is 0. The summed E-state index contributed by atoms with van der Waals surface area (Å²) in [4.78, 5) is 0. The maximum Gasteiger partial charge on any atom is 0.0867 e. The highest BCUT2D eigenvalue weighted by Gasteiger charge is 2.36. The second kappa shape index (κ2) is 7.42. The molecule has 21 heavy (non-hydrogen) atoms. The number of rotatable bonds is 8. The molecule has 1 aliphatic rings. The average molecular weight is 289 g/mol. The number of benzene rings is 1. The molecular formula is C19H31NO. The number of ether oxygens (including phenoxy) is 1. The van der Waals surface area contributed by atoms with E-state index in [1.54, 1.807) is 0 Å². The third-order valence-electron chi connectivity index (χ3n) is 5.36. The molecule has 0 bridgehead atoms. The Labute approximate surface area is 130 Å². The first-order valence-electron chi connectivity index (χ1n) is 8.59. The van der Waals surface area contributed by atoms with Gasteiger partial charge in [0.15, 0.2) is 0 Å². The zero-order valence-corrected chi connectivity index (χ0v) is 14.1. The Hall–Kier alpha value is -0.860. The van der Waals surface area contributed by atoms with Crippen LogP contribution >= 0.6 is 0 Å². The third kappa shape index (κ3) is 3.32. The van der Waals surface area contributed by atoms with Gasteiger partial charge in [-0.25, -0.2) is 0 Å². The van der Waals surface area contributed by atoms with Gasteiger partial charge < -0.3 is 10.1 Å². The first kappa shape index (κ1) is 16.5. The number of hydrogen-bond donors (Lipinski definition) is 1. The van der Waals surface area contributed by atoms with Crippen LogP contribution in [0.25, 0.3) is 0 Å². The Morgan fingerprint density at radius 1 is 1.24 bits per heavy atom. The summed E-state index contributed by atoms with van der Waals surface area (Å²) in [6, 6.07) is 9.45. The van der Waals surface area contributed by atoms with Gasteiger partial charge in [-0.1, -0.05) is 51.5 Å². The van der Waals surface area contributed by atoms with Crippen molar-refractivity contribution < 1.29 is 4.74 Å². The van der Waals surface area contributed by atoms with Crippen LogP contribution in [0.2, 0.25) is 0 Å². The first-order chi connectivity index (χ1) is 10.2. The van der Waals surface area contributed by atoms with Gasteiger partial charge in [-0.3, -0.25) is 0 Å². The molecule has 118 valence electrons. The highest BCUT2D eigenvalue weighted by atomic mass is 16.5. The minimum Gasteiger partial charge on any atom is -0.376 e. The van der Waals surface area contributed by atoms with Crippen molar-refractivity contribution in [3.63, 3.8) is 0 Å². The second-order valence-electron chi connectivity index (χ2n) is 6.26. The number of hydrogen-bond acceptors (Lipinski definition) is 2. The van der Waals surface area contributed by atoms with Crippen molar-refractivity contribution in [3.8, 4) is 0 Å². The molecule has 1 unspecified atom stereocenters. The zero-order chi connectivity index (χ0) is 15.3. The summed E-state index contributed by atoms with van der Waals surface area (Å²) < 4.78 is 5.98. The van der Waals surface area contributed by atoms with Gasteiger partial charge in [-0.15, -0.1) is 0 Å². The lowest BCUT2D eigenvalue weighted by Crippen LogP contribution is -2.44. The topological polar surface area (TPSA) is 21.3 Å². The van der Waals surface area contributed by atoms with E-state index in [9.17, 15) is 0 Å². The maximum absolute atomic E-state index is 5.98. The minimum atomic E-state index is -0.117. The van der Waals surface area contributed by atoms with Crippen LogP contribution in [0.15, 0.2) is 24.3 Å². The van der Waals surface area contributed by atoms with Gasteiger partial charge in [0.25, 0.3) is 0 Å². The molecule has 0 radical (unpaired) electrons. The summed E-state index contributed by atoms with van der Waals surface area (Å²) in [5.41, 5.74) is 2.78. The molecule has 1 aliphatic carbocycles. The highest BCUT2D eigenvalue weighted by Crippen LogP contribution is 2.39. The van der Waals surface area contributed by atoms with Crippen LogP contribution in [0.4, 0.5) is 0 Å². The van der Waals surface area contributed by atoms with Gasteiger partial charge in [0.2, 0.25) is 0 Å². The van der Waals surface area contributed by atoms with E-state index in [0.29, 0.717) is 0 Å². The van der Waals surface area contributed by atoms with E-state index >= 15 is 0 Å². The molecule has 0 aromatic heterocycles. The predicted molar refractivity (Wildman–Crippen MR) is 89.8 cm³/mol. The molecule has 0 aliphatic heterocycles. The van der Waals surface area contributed by atoms with E-state index in [0.717, 1.165) is 25.3 Å². The molecule has 2 rings (SSSR count). The number of nitrogens with one attached hydrogen (secondary N) is 1. The van der Waals surface area contributed by atoms with Crippen LogP contribution in [0.1, 0.15) is 76.0 Å². The van der Waals surface area contributed by atoms with Crippen LogP contribution in [-0.2, 0) is 4.74 Å². The van der Waals surface area contributed by atoms with Gasteiger partial charge in [0.05, 0.1) is 11.6 Å². The molecule has 1 fully saturated rings. The van der Waals surface area contributed by atoms with Crippen molar-refractivity contribution in [2.45, 2.75) is 70.4 Å². The molecule has 0 amide bonds. The summed E-state index contributed by atoms with van der Waals surface area (Å²) in [5.74, 6) is 0.785. The van der Waals surface area contributed by atoms with Crippen molar-refractivity contribution in [2.75, 3.05) is 13.7 Å². The Morgan fingerprint density at radius 2 is 1.95 bits per heavy atom. The maximum atomic E-state index is 5.98.